The number of hydrogen-bond donors (Lipinski definition) is 1. The smallest absolute Gasteiger partial charge is 0.132 e. The Morgan fingerprint density at radius 2 is 2.33 bits per heavy atom. The predicted octanol–water partition coefficient (Wildman–Crippen LogP) is 0.904. The summed E-state index contributed by atoms with van der Waals surface area (Å²) in [6, 6.07) is 0. The van der Waals surface area contributed by atoms with Crippen molar-refractivity contribution in [3.05, 3.63) is 17.6 Å². The lowest BCUT2D eigenvalue weighted by Gasteiger charge is -2.03. The lowest BCUT2D eigenvalue weighted by Crippen LogP contribution is -2.03. The molecule has 0 fully saturated rings. The molecule has 2 N–H and O–H groups in total. The van der Waals surface area contributed by atoms with Gasteiger partial charge in [0.25, 0.3) is 0 Å². The van der Waals surface area contributed by atoms with Crippen molar-refractivity contribution in [2.75, 3.05) is 12.3 Å². The topological polar surface area (TPSA) is 61.0 Å². The van der Waals surface area contributed by atoms with Crippen molar-refractivity contribution >= 4 is 5.82 Å². The number of ether oxygens (including phenoxy) is 1. The minimum absolute atomic E-state index is 0.489. The van der Waals surface area contributed by atoms with Crippen LogP contribution in [-0.4, -0.2) is 16.6 Å². The molecule has 0 radical (unpaired) electrons. The maximum atomic E-state index is 5.63. The molecule has 0 aliphatic carbocycles. The molecule has 0 aliphatic rings. The third-order valence-electron chi connectivity index (χ3n) is 1.48. The van der Waals surface area contributed by atoms with Gasteiger partial charge in [-0.2, -0.15) is 0 Å². The summed E-state index contributed by atoms with van der Waals surface area (Å²) in [5, 5.41) is 0. The Kier molecular flexibility index (Phi) is 2.99. The Bertz CT molecular complexity index is 262. The van der Waals surface area contributed by atoms with Crippen molar-refractivity contribution < 1.29 is 4.74 Å². The first-order valence-electron chi connectivity index (χ1n) is 3.89. The molecule has 0 bridgehead atoms. The summed E-state index contributed by atoms with van der Waals surface area (Å²) in [6.07, 6.45) is 1.70. The number of nitrogens with zero attached hydrogens (tertiary/aromatic N) is 2. The van der Waals surface area contributed by atoms with E-state index in [-0.39, 0.29) is 0 Å². The highest BCUT2D eigenvalue weighted by Crippen LogP contribution is 2.07. The van der Waals surface area contributed by atoms with E-state index in [1.807, 2.05) is 6.92 Å². The van der Waals surface area contributed by atoms with Crippen LogP contribution in [0.5, 0.6) is 0 Å². The molecule has 0 unspecified atom stereocenters. The van der Waals surface area contributed by atoms with E-state index in [9.17, 15) is 0 Å². The van der Waals surface area contributed by atoms with E-state index >= 15 is 0 Å². The van der Waals surface area contributed by atoms with Gasteiger partial charge in [-0.05, 0) is 13.8 Å². The average molecular weight is 167 g/mol. The lowest BCUT2D eigenvalue weighted by atomic mass is 10.3. The van der Waals surface area contributed by atoms with Crippen LogP contribution < -0.4 is 5.73 Å². The number of hydrogen-bond acceptors (Lipinski definition) is 4. The number of aromatic nitrogens is 2. The summed E-state index contributed by atoms with van der Waals surface area (Å²) in [5.74, 6) is 1.20. The van der Waals surface area contributed by atoms with Crippen LogP contribution in [0.4, 0.5) is 5.82 Å². The van der Waals surface area contributed by atoms with Gasteiger partial charge in [-0.3, -0.25) is 0 Å². The van der Waals surface area contributed by atoms with Gasteiger partial charge < -0.3 is 10.5 Å². The van der Waals surface area contributed by atoms with Crippen molar-refractivity contribution in [3.63, 3.8) is 0 Å². The molecule has 1 heterocycles. The Balaban J connectivity index is 2.72. The molecule has 0 spiro atoms. The molecular formula is C8H13N3O. The highest BCUT2D eigenvalue weighted by atomic mass is 16.5. The maximum Gasteiger partial charge on any atom is 0.132 e. The molecule has 0 amide bonds. The zero-order chi connectivity index (χ0) is 8.97. The van der Waals surface area contributed by atoms with Gasteiger partial charge in [0, 0.05) is 18.4 Å². The standard InChI is InChI=1S/C8H13N3O/c1-3-12-5-7-4-10-6(2)11-8(7)9/h4H,3,5H2,1-2H3,(H2,9,10,11). The molecule has 4 heteroatoms. The van der Waals surface area contributed by atoms with E-state index in [0.717, 1.165) is 5.56 Å². The summed E-state index contributed by atoms with van der Waals surface area (Å²) in [4.78, 5) is 8.03. The quantitative estimate of drug-likeness (QED) is 0.726. The second kappa shape index (κ2) is 4.01. The minimum Gasteiger partial charge on any atom is -0.383 e. The molecule has 66 valence electrons. The summed E-state index contributed by atoms with van der Waals surface area (Å²) < 4.78 is 5.18. The van der Waals surface area contributed by atoms with Gasteiger partial charge in [0.05, 0.1) is 6.61 Å². The first kappa shape index (κ1) is 8.93. The average Bonchev–Trinajstić information content (AvgIpc) is 2.03. The second-order valence-corrected chi connectivity index (χ2v) is 2.46. The van der Waals surface area contributed by atoms with E-state index in [1.54, 1.807) is 13.1 Å². The Hall–Kier alpha value is -1.16. The third-order valence-corrected chi connectivity index (χ3v) is 1.48. The van der Waals surface area contributed by atoms with Crippen LogP contribution in [0, 0.1) is 6.92 Å². The van der Waals surface area contributed by atoms with Gasteiger partial charge in [-0.1, -0.05) is 0 Å². The van der Waals surface area contributed by atoms with Crippen LogP contribution in [0.3, 0.4) is 0 Å². The first-order valence-corrected chi connectivity index (χ1v) is 3.89. The monoisotopic (exact) mass is 167 g/mol. The van der Waals surface area contributed by atoms with Crippen LogP contribution in [0.15, 0.2) is 6.20 Å². The lowest BCUT2D eigenvalue weighted by molar-refractivity contribution is 0.134. The number of nitrogen functional groups attached to an aromatic ring is 1. The van der Waals surface area contributed by atoms with Crippen molar-refractivity contribution in [3.8, 4) is 0 Å². The molecule has 0 aromatic carbocycles. The summed E-state index contributed by atoms with van der Waals surface area (Å²) in [7, 11) is 0. The largest absolute Gasteiger partial charge is 0.383 e. The highest BCUT2D eigenvalue weighted by molar-refractivity contribution is 5.36. The van der Waals surface area contributed by atoms with E-state index in [2.05, 4.69) is 9.97 Å². The Morgan fingerprint density at radius 1 is 1.58 bits per heavy atom. The SMILES string of the molecule is CCOCc1cnc(C)nc1N. The molecule has 0 saturated carbocycles. The number of aryl methyl sites for hydroxylation is 1. The van der Waals surface area contributed by atoms with Crippen LogP contribution in [0.1, 0.15) is 18.3 Å². The van der Waals surface area contributed by atoms with Gasteiger partial charge in [0.1, 0.15) is 11.6 Å². The number of anilines is 1. The van der Waals surface area contributed by atoms with Gasteiger partial charge in [-0.25, -0.2) is 9.97 Å². The summed E-state index contributed by atoms with van der Waals surface area (Å²) in [5.41, 5.74) is 6.48. The first-order chi connectivity index (χ1) is 5.74. The number of rotatable bonds is 3. The fourth-order valence-electron chi connectivity index (χ4n) is 0.836. The second-order valence-electron chi connectivity index (χ2n) is 2.46. The van der Waals surface area contributed by atoms with E-state index in [4.69, 9.17) is 10.5 Å². The van der Waals surface area contributed by atoms with E-state index in [1.165, 1.54) is 0 Å². The Morgan fingerprint density at radius 3 is 2.92 bits per heavy atom. The third kappa shape index (κ3) is 2.17. The molecule has 0 saturated heterocycles. The fourth-order valence-corrected chi connectivity index (χ4v) is 0.836. The molecule has 4 nitrogen and oxygen atoms in total. The van der Waals surface area contributed by atoms with Gasteiger partial charge in [0.15, 0.2) is 0 Å². The fraction of sp³-hybridized carbons (Fsp3) is 0.500. The molecule has 1 rings (SSSR count). The molecule has 12 heavy (non-hydrogen) atoms. The molecular weight excluding hydrogens is 154 g/mol. The highest BCUT2D eigenvalue weighted by Gasteiger charge is 2.00. The van der Waals surface area contributed by atoms with Crippen LogP contribution in [0.2, 0.25) is 0 Å². The van der Waals surface area contributed by atoms with Crippen molar-refractivity contribution in [2.45, 2.75) is 20.5 Å². The predicted molar refractivity (Wildman–Crippen MR) is 46.5 cm³/mol. The normalized spacial score (nSPS) is 10.2. The molecule has 0 aliphatic heterocycles. The van der Waals surface area contributed by atoms with Crippen LogP contribution in [-0.2, 0) is 11.3 Å². The maximum absolute atomic E-state index is 5.63. The zero-order valence-electron chi connectivity index (χ0n) is 7.37. The molecule has 0 atom stereocenters. The van der Waals surface area contributed by atoms with Crippen molar-refractivity contribution in [1.82, 2.24) is 9.97 Å². The van der Waals surface area contributed by atoms with Gasteiger partial charge in [0.2, 0.25) is 0 Å². The van der Waals surface area contributed by atoms with Crippen molar-refractivity contribution in [2.24, 2.45) is 0 Å². The minimum atomic E-state index is 0.489. The summed E-state index contributed by atoms with van der Waals surface area (Å²) in [6.45, 7) is 4.90. The molecule has 1 aromatic heterocycles. The van der Waals surface area contributed by atoms with Crippen LogP contribution >= 0.6 is 0 Å². The van der Waals surface area contributed by atoms with Gasteiger partial charge in [-0.15, -0.1) is 0 Å². The van der Waals surface area contributed by atoms with Gasteiger partial charge >= 0.3 is 0 Å². The van der Waals surface area contributed by atoms with Crippen molar-refractivity contribution in [1.29, 1.82) is 0 Å². The Labute approximate surface area is 71.8 Å². The number of nitrogens with two attached hydrogens (primary N) is 1. The molecule has 1 aromatic rings. The zero-order valence-corrected chi connectivity index (χ0v) is 7.37. The van der Waals surface area contributed by atoms with E-state index < -0.39 is 0 Å². The van der Waals surface area contributed by atoms with E-state index in [0.29, 0.717) is 24.9 Å². The van der Waals surface area contributed by atoms with Crippen LogP contribution in [0.25, 0.3) is 0 Å². The summed E-state index contributed by atoms with van der Waals surface area (Å²) >= 11 is 0.